The number of ether oxygens (including phenoxy) is 3. The molecule has 2 rings (SSSR count). The first-order valence-corrected chi connectivity index (χ1v) is 9.65. The molecule has 1 aliphatic rings. The number of hydrogen-bond acceptors (Lipinski definition) is 7. The zero-order valence-corrected chi connectivity index (χ0v) is 15.9. The van der Waals surface area contributed by atoms with Crippen LogP contribution in [0.15, 0.2) is 12.7 Å². The van der Waals surface area contributed by atoms with Crippen LogP contribution in [-0.2, 0) is 23.3 Å². The maximum atomic E-state index is 13.2. The SMILES string of the molecule is CC1(C)OCC(COP(=O)(COCC[N+](C)(C)C)n2cnnc2)O1. The van der Waals surface area contributed by atoms with Gasteiger partial charge in [-0.25, -0.2) is 4.34 Å². The van der Waals surface area contributed by atoms with Crippen molar-refractivity contribution in [3.8, 4) is 0 Å². The van der Waals surface area contributed by atoms with Gasteiger partial charge in [0.1, 0.15) is 31.7 Å². The molecule has 24 heavy (non-hydrogen) atoms. The van der Waals surface area contributed by atoms with Crippen molar-refractivity contribution in [2.45, 2.75) is 25.7 Å². The second kappa shape index (κ2) is 7.59. The first-order valence-electron chi connectivity index (χ1n) is 7.89. The van der Waals surface area contributed by atoms with E-state index in [0.29, 0.717) is 13.2 Å². The third-order valence-electron chi connectivity index (χ3n) is 3.45. The number of rotatable bonds is 9. The van der Waals surface area contributed by atoms with Gasteiger partial charge in [0.15, 0.2) is 5.79 Å². The smallest absolute Gasteiger partial charge is 0.327 e. The zero-order chi connectivity index (χ0) is 17.8. The summed E-state index contributed by atoms with van der Waals surface area (Å²) in [6.07, 6.45) is 2.44. The predicted octanol–water partition coefficient (Wildman–Crippen LogP) is 1.17. The summed E-state index contributed by atoms with van der Waals surface area (Å²) in [5, 5.41) is 7.41. The van der Waals surface area contributed by atoms with Crippen LogP contribution in [0.3, 0.4) is 0 Å². The molecular formula is C14H28N4O5P+. The maximum Gasteiger partial charge on any atom is 0.327 e. The second-order valence-corrected chi connectivity index (χ2v) is 9.53. The standard InChI is InChI=1S/C14H28N4O5P/c1-14(2)21-8-13(23-14)9-22-24(19,17-10-15-16-11-17)12-20-7-6-18(3,4)5/h10-11,13H,6-9,12H2,1-5H3/q+1. The van der Waals surface area contributed by atoms with Gasteiger partial charge < -0.3 is 23.2 Å². The molecule has 1 aliphatic heterocycles. The molecule has 138 valence electrons. The average molecular weight is 363 g/mol. The van der Waals surface area contributed by atoms with Gasteiger partial charge in [-0.1, -0.05) is 0 Å². The van der Waals surface area contributed by atoms with Crippen molar-refractivity contribution in [1.29, 1.82) is 0 Å². The lowest BCUT2D eigenvalue weighted by Gasteiger charge is -2.25. The van der Waals surface area contributed by atoms with Crippen molar-refractivity contribution in [1.82, 2.24) is 14.5 Å². The van der Waals surface area contributed by atoms with Crippen LogP contribution in [0, 0.1) is 0 Å². The van der Waals surface area contributed by atoms with E-state index in [1.54, 1.807) is 0 Å². The number of hydrogen-bond donors (Lipinski definition) is 0. The molecular weight excluding hydrogens is 335 g/mol. The second-order valence-electron chi connectivity index (χ2n) is 7.28. The van der Waals surface area contributed by atoms with Gasteiger partial charge in [0.25, 0.3) is 0 Å². The zero-order valence-electron chi connectivity index (χ0n) is 15.0. The Balaban J connectivity index is 1.91. The minimum Gasteiger partial charge on any atom is -0.364 e. The molecule has 0 bridgehead atoms. The average Bonchev–Trinajstić information content (AvgIpc) is 3.10. The van der Waals surface area contributed by atoms with E-state index >= 15 is 0 Å². The third-order valence-corrected chi connectivity index (χ3v) is 5.42. The summed E-state index contributed by atoms with van der Waals surface area (Å²) >= 11 is 0. The molecule has 0 amide bonds. The Morgan fingerprint density at radius 3 is 2.54 bits per heavy atom. The normalized spacial score (nSPS) is 23.3. The topological polar surface area (TPSA) is 84.7 Å². The third kappa shape index (κ3) is 5.91. The molecule has 1 saturated heterocycles. The molecule has 2 heterocycles. The fourth-order valence-corrected chi connectivity index (χ4v) is 3.59. The molecule has 0 N–H and O–H groups in total. The Morgan fingerprint density at radius 1 is 1.33 bits per heavy atom. The fourth-order valence-electron chi connectivity index (χ4n) is 2.09. The minimum absolute atomic E-state index is 0.0397. The van der Waals surface area contributed by atoms with Gasteiger partial charge >= 0.3 is 7.52 Å². The molecule has 0 aromatic carbocycles. The Labute approximate surface area is 142 Å². The van der Waals surface area contributed by atoms with Crippen LogP contribution in [0.2, 0.25) is 0 Å². The first-order chi connectivity index (χ1) is 11.1. The van der Waals surface area contributed by atoms with Crippen LogP contribution in [0.25, 0.3) is 0 Å². The van der Waals surface area contributed by atoms with E-state index in [9.17, 15) is 4.57 Å². The predicted molar refractivity (Wildman–Crippen MR) is 87.6 cm³/mol. The van der Waals surface area contributed by atoms with Crippen molar-refractivity contribution >= 4 is 7.52 Å². The highest BCUT2D eigenvalue weighted by Gasteiger charge is 2.35. The van der Waals surface area contributed by atoms with Gasteiger partial charge in [0, 0.05) is 0 Å². The van der Waals surface area contributed by atoms with Crippen LogP contribution >= 0.6 is 7.52 Å². The van der Waals surface area contributed by atoms with Gasteiger partial charge in [-0.2, -0.15) is 0 Å². The molecule has 2 atom stereocenters. The number of likely N-dealkylation sites (N-methyl/N-ethyl adjacent to an activating group) is 1. The summed E-state index contributed by atoms with van der Waals surface area (Å²) < 4.78 is 37.7. The molecule has 1 aromatic heterocycles. The summed E-state index contributed by atoms with van der Waals surface area (Å²) in [5.74, 6) is -0.643. The molecule has 10 heteroatoms. The fraction of sp³-hybridized carbons (Fsp3) is 0.857. The molecule has 2 unspecified atom stereocenters. The Bertz CT molecular complexity index is 558. The van der Waals surface area contributed by atoms with Gasteiger partial charge in [-0.3, -0.25) is 4.57 Å². The van der Waals surface area contributed by atoms with E-state index < -0.39 is 13.3 Å². The molecule has 0 spiro atoms. The molecule has 9 nitrogen and oxygen atoms in total. The molecule has 0 saturated carbocycles. The molecule has 1 aromatic rings. The summed E-state index contributed by atoms with van der Waals surface area (Å²) in [6, 6.07) is 0. The van der Waals surface area contributed by atoms with E-state index in [-0.39, 0.29) is 19.1 Å². The summed E-state index contributed by atoms with van der Waals surface area (Å²) in [7, 11) is 2.93. The quantitative estimate of drug-likeness (QED) is 0.370. The van der Waals surface area contributed by atoms with Crippen molar-refractivity contribution in [2.24, 2.45) is 0 Å². The Morgan fingerprint density at radius 2 is 2.00 bits per heavy atom. The van der Waals surface area contributed by atoms with Crippen LogP contribution in [-0.4, -0.2) is 84.8 Å². The lowest BCUT2D eigenvalue weighted by Crippen LogP contribution is -2.37. The molecule has 0 aliphatic carbocycles. The van der Waals surface area contributed by atoms with E-state index in [1.165, 1.54) is 17.0 Å². The highest BCUT2D eigenvalue weighted by Crippen LogP contribution is 2.48. The summed E-state index contributed by atoms with van der Waals surface area (Å²) in [5.41, 5.74) is 0. The van der Waals surface area contributed by atoms with Crippen LogP contribution < -0.4 is 0 Å². The van der Waals surface area contributed by atoms with Crippen molar-refractivity contribution in [2.75, 3.05) is 53.9 Å². The van der Waals surface area contributed by atoms with E-state index in [1.807, 2.05) is 13.8 Å². The number of quaternary nitrogens is 1. The Kier molecular flexibility index (Phi) is 6.17. The maximum absolute atomic E-state index is 13.2. The van der Waals surface area contributed by atoms with Crippen LogP contribution in [0.5, 0.6) is 0 Å². The van der Waals surface area contributed by atoms with Gasteiger partial charge in [0.05, 0.1) is 41.0 Å². The summed E-state index contributed by atoms with van der Waals surface area (Å²) in [6.45, 7) is 5.50. The highest BCUT2D eigenvalue weighted by atomic mass is 31.2. The monoisotopic (exact) mass is 363 g/mol. The summed E-state index contributed by atoms with van der Waals surface area (Å²) in [4.78, 5) is 0. The van der Waals surface area contributed by atoms with E-state index in [2.05, 4.69) is 31.3 Å². The number of nitrogens with zero attached hydrogens (tertiary/aromatic N) is 4. The lowest BCUT2D eigenvalue weighted by molar-refractivity contribution is -0.870. The van der Waals surface area contributed by atoms with Crippen LogP contribution in [0.1, 0.15) is 13.8 Å². The van der Waals surface area contributed by atoms with Crippen molar-refractivity contribution in [3.63, 3.8) is 0 Å². The first kappa shape index (κ1) is 19.5. The largest absolute Gasteiger partial charge is 0.364 e. The highest BCUT2D eigenvalue weighted by molar-refractivity contribution is 7.57. The minimum atomic E-state index is -3.27. The lowest BCUT2D eigenvalue weighted by atomic mass is 10.4. The van der Waals surface area contributed by atoms with Crippen molar-refractivity contribution in [3.05, 3.63) is 12.7 Å². The molecule has 0 radical (unpaired) electrons. The molecule has 1 fully saturated rings. The van der Waals surface area contributed by atoms with Gasteiger partial charge in [-0.15, -0.1) is 10.2 Å². The van der Waals surface area contributed by atoms with Gasteiger partial charge in [0.2, 0.25) is 0 Å². The van der Waals surface area contributed by atoms with Gasteiger partial charge in [-0.05, 0) is 13.8 Å². The van der Waals surface area contributed by atoms with Crippen LogP contribution in [0.4, 0.5) is 0 Å². The van der Waals surface area contributed by atoms with E-state index in [4.69, 9.17) is 18.7 Å². The van der Waals surface area contributed by atoms with E-state index in [0.717, 1.165) is 11.0 Å². The Hall–Kier alpha value is -0.830. The van der Waals surface area contributed by atoms with Crippen molar-refractivity contribution < 1.29 is 27.8 Å². The number of aromatic nitrogens is 3.